The highest BCUT2D eigenvalue weighted by Gasteiger charge is 2.56. The molecule has 46 heavy (non-hydrogen) atoms. The molecule has 10 nitrogen and oxygen atoms in total. The molecule has 3 unspecified atom stereocenters. The van der Waals surface area contributed by atoms with Crippen molar-refractivity contribution in [2.24, 2.45) is 5.41 Å². The Labute approximate surface area is 269 Å². The number of ether oxygens (including phenoxy) is 1. The molecule has 1 saturated heterocycles. The van der Waals surface area contributed by atoms with Gasteiger partial charge in [0.15, 0.2) is 0 Å². The fourth-order valence-corrected chi connectivity index (χ4v) is 7.42. The number of non-ortho nitro benzene ring substituents is 1. The van der Waals surface area contributed by atoms with E-state index in [4.69, 9.17) is 4.74 Å². The molecule has 0 saturated carbocycles. The number of nitrogens with zero attached hydrogens (tertiary/aromatic N) is 3. The van der Waals surface area contributed by atoms with Gasteiger partial charge in [0.2, 0.25) is 0 Å². The molecule has 0 spiro atoms. The van der Waals surface area contributed by atoms with Gasteiger partial charge in [0.25, 0.3) is 5.69 Å². The lowest BCUT2D eigenvalue weighted by Gasteiger charge is -2.47. The molecule has 3 aromatic rings. The van der Waals surface area contributed by atoms with Crippen LogP contribution >= 0.6 is 0 Å². The number of carbonyl (C=O) groups excluding carboxylic acids is 1. The van der Waals surface area contributed by atoms with E-state index in [9.17, 15) is 24.8 Å². The SMILES string of the molecule is COC(=O)C1=C(C)NC(C)C(CCCN2CCN(C(c3ccccc3)c3ccccc3)CC2)(C(=O)O)C1c1cccc([N+](=O)[O-])c1. The van der Waals surface area contributed by atoms with Crippen molar-refractivity contribution in [3.63, 3.8) is 0 Å². The summed E-state index contributed by atoms with van der Waals surface area (Å²) in [5.74, 6) is -2.65. The maximum absolute atomic E-state index is 13.4. The molecule has 3 atom stereocenters. The largest absolute Gasteiger partial charge is 0.481 e. The van der Waals surface area contributed by atoms with Gasteiger partial charge in [0.05, 0.1) is 29.1 Å². The second-order valence-corrected chi connectivity index (χ2v) is 12.2. The van der Waals surface area contributed by atoms with E-state index < -0.39 is 34.2 Å². The number of carboxylic acid groups (broad SMARTS) is 1. The number of esters is 1. The maximum atomic E-state index is 13.4. The van der Waals surface area contributed by atoms with E-state index in [-0.39, 0.29) is 23.7 Å². The van der Waals surface area contributed by atoms with Crippen LogP contribution in [0.25, 0.3) is 0 Å². The van der Waals surface area contributed by atoms with Crippen LogP contribution in [0.5, 0.6) is 0 Å². The predicted molar refractivity (Wildman–Crippen MR) is 175 cm³/mol. The molecule has 5 rings (SSSR count). The van der Waals surface area contributed by atoms with Crippen molar-refractivity contribution < 1.29 is 24.4 Å². The number of carbonyl (C=O) groups is 2. The molecular formula is C36H42N4O6. The highest BCUT2D eigenvalue weighted by atomic mass is 16.6. The second-order valence-electron chi connectivity index (χ2n) is 12.2. The van der Waals surface area contributed by atoms with Crippen LogP contribution in [-0.2, 0) is 14.3 Å². The lowest BCUT2D eigenvalue weighted by molar-refractivity contribution is -0.384. The summed E-state index contributed by atoms with van der Waals surface area (Å²) in [6.45, 7) is 7.62. The van der Waals surface area contributed by atoms with Crippen molar-refractivity contribution in [3.8, 4) is 0 Å². The molecule has 2 N–H and O–H groups in total. The topological polar surface area (TPSA) is 125 Å². The van der Waals surface area contributed by atoms with E-state index in [0.29, 0.717) is 24.2 Å². The number of carboxylic acids is 1. The fraction of sp³-hybridized carbons (Fsp3) is 0.389. The van der Waals surface area contributed by atoms with Gasteiger partial charge in [-0.1, -0.05) is 72.8 Å². The first-order valence-electron chi connectivity index (χ1n) is 15.8. The first-order valence-corrected chi connectivity index (χ1v) is 15.8. The van der Waals surface area contributed by atoms with Gasteiger partial charge in [-0.2, -0.15) is 0 Å². The summed E-state index contributed by atoms with van der Waals surface area (Å²) in [7, 11) is 1.26. The predicted octanol–water partition coefficient (Wildman–Crippen LogP) is 5.38. The standard InChI is InChI=1S/C36H42N4O6/c1-25-31(34(41)46-3)32(29-16-10-17-30(24-29)40(44)45)36(35(42)43,26(2)37-25)18-11-19-38-20-22-39(23-21-38)33(27-12-6-4-7-13-27)28-14-8-5-9-15-28/h4-10,12-17,24,26,32-33,37H,11,18-23H2,1-3H3,(H,42,43). The average molecular weight is 627 g/mol. The Kier molecular flexibility index (Phi) is 10.2. The number of nitrogens with one attached hydrogen (secondary N) is 1. The number of piperazine rings is 1. The third kappa shape index (κ3) is 6.54. The number of methoxy groups -OCH3 is 1. The Hall–Kier alpha value is -4.54. The monoisotopic (exact) mass is 626 g/mol. The molecule has 0 radical (unpaired) electrons. The number of rotatable bonds is 11. The molecule has 0 aromatic heterocycles. The fourth-order valence-electron chi connectivity index (χ4n) is 7.42. The molecule has 2 heterocycles. The van der Waals surface area contributed by atoms with Crippen LogP contribution in [0.1, 0.15) is 55.3 Å². The van der Waals surface area contributed by atoms with E-state index >= 15 is 0 Å². The zero-order chi connectivity index (χ0) is 32.8. The Morgan fingerprint density at radius 2 is 1.61 bits per heavy atom. The number of hydrogen-bond donors (Lipinski definition) is 2. The Balaban J connectivity index is 1.36. The highest BCUT2D eigenvalue weighted by molar-refractivity contribution is 5.94. The van der Waals surface area contributed by atoms with E-state index in [0.717, 1.165) is 26.2 Å². The Morgan fingerprint density at radius 3 is 2.15 bits per heavy atom. The van der Waals surface area contributed by atoms with Gasteiger partial charge in [0.1, 0.15) is 0 Å². The first-order chi connectivity index (χ1) is 22.2. The highest BCUT2D eigenvalue weighted by Crippen LogP contribution is 2.51. The zero-order valence-electron chi connectivity index (χ0n) is 26.6. The van der Waals surface area contributed by atoms with Gasteiger partial charge in [-0.15, -0.1) is 0 Å². The molecule has 0 amide bonds. The van der Waals surface area contributed by atoms with Crippen molar-refractivity contribution in [2.75, 3.05) is 39.8 Å². The van der Waals surface area contributed by atoms with Crippen LogP contribution < -0.4 is 5.32 Å². The molecule has 242 valence electrons. The minimum absolute atomic E-state index is 0.149. The van der Waals surface area contributed by atoms with Crippen LogP contribution in [0, 0.1) is 15.5 Å². The van der Waals surface area contributed by atoms with Crippen LogP contribution in [0.15, 0.2) is 96.2 Å². The minimum atomic E-state index is -1.45. The third-order valence-corrected chi connectivity index (χ3v) is 9.70. The van der Waals surface area contributed by atoms with Gasteiger partial charge in [0, 0.05) is 56.0 Å². The summed E-state index contributed by atoms with van der Waals surface area (Å²) in [6.07, 6.45) is 0.826. The lowest BCUT2D eigenvalue weighted by Crippen LogP contribution is -2.57. The molecule has 0 aliphatic carbocycles. The number of hydrogen-bond acceptors (Lipinski definition) is 8. The Morgan fingerprint density at radius 1 is 1.00 bits per heavy atom. The molecule has 0 bridgehead atoms. The number of nitro benzene ring substituents is 1. The molecular weight excluding hydrogens is 584 g/mol. The summed E-state index contributed by atoms with van der Waals surface area (Å²) >= 11 is 0. The lowest BCUT2D eigenvalue weighted by atomic mass is 9.60. The normalized spacial score (nSPS) is 22.3. The van der Waals surface area contributed by atoms with Crippen LogP contribution in [0.3, 0.4) is 0 Å². The summed E-state index contributed by atoms with van der Waals surface area (Å²) in [5.41, 5.74) is 1.99. The van der Waals surface area contributed by atoms with Gasteiger partial charge >= 0.3 is 11.9 Å². The van der Waals surface area contributed by atoms with E-state index in [2.05, 4.69) is 63.6 Å². The van der Waals surface area contributed by atoms with E-state index in [1.807, 2.05) is 19.1 Å². The van der Waals surface area contributed by atoms with Crippen molar-refractivity contribution in [3.05, 3.63) is 123 Å². The third-order valence-electron chi connectivity index (χ3n) is 9.70. The van der Waals surface area contributed by atoms with Gasteiger partial charge < -0.3 is 20.1 Å². The minimum Gasteiger partial charge on any atom is -0.481 e. The zero-order valence-corrected chi connectivity index (χ0v) is 26.6. The van der Waals surface area contributed by atoms with Crippen LogP contribution in [0.4, 0.5) is 5.69 Å². The Bertz CT molecular complexity index is 1530. The number of benzene rings is 3. The summed E-state index contributed by atoms with van der Waals surface area (Å²) in [6, 6.07) is 26.6. The van der Waals surface area contributed by atoms with Crippen molar-refractivity contribution >= 4 is 17.6 Å². The second kappa shape index (κ2) is 14.3. The quantitative estimate of drug-likeness (QED) is 0.164. The van der Waals surface area contributed by atoms with Gasteiger partial charge in [-0.3, -0.25) is 19.8 Å². The number of allylic oxidation sites excluding steroid dienone is 1. The van der Waals surface area contributed by atoms with Gasteiger partial charge in [-0.25, -0.2) is 4.79 Å². The van der Waals surface area contributed by atoms with Crippen molar-refractivity contribution in [1.29, 1.82) is 0 Å². The van der Waals surface area contributed by atoms with Crippen LogP contribution in [0.2, 0.25) is 0 Å². The smallest absolute Gasteiger partial charge is 0.336 e. The van der Waals surface area contributed by atoms with E-state index in [1.165, 1.54) is 36.4 Å². The van der Waals surface area contributed by atoms with E-state index in [1.54, 1.807) is 13.0 Å². The molecule has 10 heteroatoms. The molecule has 1 fully saturated rings. The van der Waals surface area contributed by atoms with Crippen molar-refractivity contribution in [2.45, 2.75) is 44.7 Å². The molecule has 2 aliphatic heterocycles. The summed E-state index contributed by atoms with van der Waals surface area (Å²) < 4.78 is 5.11. The maximum Gasteiger partial charge on any atom is 0.336 e. The average Bonchev–Trinajstić information content (AvgIpc) is 3.07. The molecule has 2 aliphatic rings. The summed E-state index contributed by atoms with van der Waals surface area (Å²) in [5, 5.41) is 25.8. The van der Waals surface area contributed by atoms with Gasteiger partial charge in [-0.05, 0) is 49.9 Å². The molecule has 3 aromatic carbocycles. The number of aliphatic carboxylic acids is 1. The van der Waals surface area contributed by atoms with Crippen molar-refractivity contribution in [1.82, 2.24) is 15.1 Å². The van der Waals surface area contributed by atoms with Crippen LogP contribution in [-0.4, -0.2) is 77.6 Å². The first kappa shape index (κ1) is 32.8. The summed E-state index contributed by atoms with van der Waals surface area (Å²) in [4.78, 5) is 42.5. The number of nitro groups is 1.